The van der Waals surface area contributed by atoms with E-state index in [0.717, 1.165) is 6.42 Å². The van der Waals surface area contributed by atoms with Crippen LogP contribution in [-0.2, 0) is 4.79 Å². The van der Waals surface area contributed by atoms with Crippen molar-refractivity contribution in [2.75, 3.05) is 18.0 Å². The zero-order chi connectivity index (χ0) is 13.7. The zero-order valence-electron chi connectivity index (χ0n) is 10.4. The normalized spacial score (nSPS) is 10.1. The lowest BCUT2D eigenvalue weighted by Gasteiger charge is -2.23. The fourth-order valence-corrected chi connectivity index (χ4v) is 1.87. The van der Waals surface area contributed by atoms with Crippen molar-refractivity contribution in [3.63, 3.8) is 0 Å². The lowest BCUT2D eigenvalue weighted by Crippen LogP contribution is -2.31. The molecule has 0 aliphatic heterocycles. The first kappa shape index (κ1) is 14.0. The molecule has 0 bridgehead atoms. The van der Waals surface area contributed by atoms with Crippen LogP contribution in [0.3, 0.4) is 0 Å². The van der Waals surface area contributed by atoms with Crippen molar-refractivity contribution in [2.45, 2.75) is 20.3 Å². The molecule has 6 heteroatoms. The van der Waals surface area contributed by atoms with Gasteiger partial charge in [0.15, 0.2) is 0 Å². The van der Waals surface area contributed by atoms with Crippen LogP contribution in [0.15, 0.2) is 18.2 Å². The molecule has 1 aromatic rings. The van der Waals surface area contributed by atoms with Crippen LogP contribution in [0.1, 0.15) is 18.9 Å². The van der Waals surface area contributed by atoms with E-state index in [1.54, 1.807) is 24.0 Å². The number of anilines is 1. The van der Waals surface area contributed by atoms with Crippen molar-refractivity contribution in [3.05, 3.63) is 33.9 Å². The lowest BCUT2D eigenvalue weighted by molar-refractivity contribution is -0.385. The van der Waals surface area contributed by atoms with Gasteiger partial charge in [0.2, 0.25) is 0 Å². The van der Waals surface area contributed by atoms with Gasteiger partial charge in [-0.2, -0.15) is 0 Å². The van der Waals surface area contributed by atoms with Gasteiger partial charge in [0.25, 0.3) is 5.69 Å². The van der Waals surface area contributed by atoms with Crippen LogP contribution in [0.25, 0.3) is 0 Å². The van der Waals surface area contributed by atoms with Gasteiger partial charge in [-0.3, -0.25) is 14.9 Å². The Morgan fingerprint density at radius 1 is 1.50 bits per heavy atom. The second-order valence-corrected chi connectivity index (χ2v) is 3.99. The summed E-state index contributed by atoms with van der Waals surface area (Å²) < 4.78 is 0. The van der Waals surface area contributed by atoms with E-state index in [1.807, 2.05) is 6.92 Å². The number of carboxylic acids is 1. The summed E-state index contributed by atoms with van der Waals surface area (Å²) in [5, 5.41) is 19.7. The molecule has 0 unspecified atom stereocenters. The molecule has 0 aliphatic carbocycles. The third-order valence-electron chi connectivity index (χ3n) is 2.63. The molecule has 0 aromatic heterocycles. The summed E-state index contributed by atoms with van der Waals surface area (Å²) in [6, 6.07) is 4.70. The first-order chi connectivity index (χ1) is 8.47. The summed E-state index contributed by atoms with van der Waals surface area (Å²) in [6.45, 7) is 3.96. The van der Waals surface area contributed by atoms with Crippen molar-refractivity contribution >= 4 is 17.3 Å². The Morgan fingerprint density at radius 3 is 2.67 bits per heavy atom. The van der Waals surface area contributed by atoms with Crippen molar-refractivity contribution in [3.8, 4) is 0 Å². The topological polar surface area (TPSA) is 83.7 Å². The number of rotatable bonds is 6. The molecule has 6 nitrogen and oxygen atoms in total. The largest absolute Gasteiger partial charge is 0.480 e. The Hall–Kier alpha value is -2.11. The SMILES string of the molecule is CCCN(CC(=O)O)c1cccc([N+](=O)[O-])c1C. The summed E-state index contributed by atoms with van der Waals surface area (Å²) in [7, 11) is 0. The highest BCUT2D eigenvalue weighted by Crippen LogP contribution is 2.28. The fraction of sp³-hybridized carbons (Fsp3) is 0.417. The average Bonchev–Trinajstić information content (AvgIpc) is 2.27. The van der Waals surface area contributed by atoms with Gasteiger partial charge in [-0.1, -0.05) is 13.0 Å². The molecule has 0 spiro atoms. The molecule has 0 heterocycles. The van der Waals surface area contributed by atoms with Gasteiger partial charge in [-0.05, 0) is 19.4 Å². The van der Waals surface area contributed by atoms with Crippen LogP contribution in [0, 0.1) is 17.0 Å². The number of aliphatic carboxylic acids is 1. The second-order valence-electron chi connectivity index (χ2n) is 3.99. The number of hydrogen-bond acceptors (Lipinski definition) is 4. The predicted molar refractivity (Wildman–Crippen MR) is 68.0 cm³/mol. The van der Waals surface area contributed by atoms with Crippen LogP contribution in [0.2, 0.25) is 0 Å². The standard InChI is InChI=1S/C12H16N2O4/c1-3-7-13(8-12(15)16)10-5-4-6-11(9(10)2)14(17)18/h4-6H,3,7-8H2,1-2H3,(H,15,16). The highest BCUT2D eigenvalue weighted by Gasteiger charge is 2.18. The first-order valence-corrected chi connectivity index (χ1v) is 5.68. The molecular formula is C12H16N2O4. The number of benzene rings is 1. The summed E-state index contributed by atoms with van der Waals surface area (Å²) >= 11 is 0. The monoisotopic (exact) mass is 252 g/mol. The van der Waals surface area contributed by atoms with Crippen LogP contribution in [-0.4, -0.2) is 29.1 Å². The Bertz CT molecular complexity index is 459. The lowest BCUT2D eigenvalue weighted by atomic mass is 10.1. The number of nitro groups is 1. The van der Waals surface area contributed by atoms with Crippen LogP contribution in [0.5, 0.6) is 0 Å². The molecule has 0 atom stereocenters. The van der Waals surface area contributed by atoms with Gasteiger partial charge in [-0.15, -0.1) is 0 Å². The smallest absolute Gasteiger partial charge is 0.323 e. The summed E-state index contributed by atoms with van der Waals surface area (Å²) in [5.74, 6) is -0.950. The Morgan fingerprint density at radius 2 is 2.17 bits per heavy atom. The minimum absolute atomic E-state index is 0.0130. The predicted octanol–water partition coefficient (Wildman–Crippen LogP) is 2.20. The number of carbonyl (C=O) groups is 1. The molecule has 0 saturated carbocycles. The van der Waals surface area contributed by atoms with Crippen molar-refractivity contribution < 1.29 is 14.8 Å². The van der Waals surface area contributed by atoms with E-state index in [9.17, 15) is 14.9 Å². The number of carboxylic acid groups (broad SMARTS) is 1. The number of nitro benzene ring substituents is 1. The zero-order valence-corrected chi connectivity index (χ0v) is 10.4. The first-order valence-electron chi connectivity index (χ1n) is 5.68. The number of hydrogen-bond donors (Lipinski definition) is 1. The fourth-order valence-electron chi connectivity index (χ4n) is 1.87. The molecule has 1 aromatic carbocycles. The molecule has 98 valence electrons. The van der Waals surface area contributed by atoms with E-state index in [2.05, 4.69) is 0 Å². The quantitative estimate of drug-likeness (QED) is 0.619. The number of nitrogens with zero attached hydrogens (tertiary/aromatic N) is 2. The maximum absolute atomic E-state index is 10.8. The maximum atomic E-state index is 10.8. The minimum atomic E-state index is -0.950. The van der Waals surface area contributed by atoms with Crippen LogP contribution < -0.4 is 4.90 Å². The second kappa shape index (κ2) is 6.00. The third-order valence-corrected chi connectivity index (χ3v) is 2.63. The molecular weight excluding hydrogens is 236 g/mol. The molecule has 1 N–H and O–H groups in total. The van der Waals surface area contributed by atoms with Gasteiger partial charge in [0.1, 0.15) is 6.54 Å². The molecule has 18 heavy (non-hydrogen) atoms. The van der Waals surface area contributed by atoms with Gasteiger partial charge in [0.05, 0.1) is 10.5 Å². The van der Waals surface area contributed by atoms with E-state index in [4.69, 9.17) is 5.11 Å². The van der Waals surface area contributed by atoms with Crippen LogP contribution in [0.4, 0.5) is 11.4 Å². The molecule has 0 saturated heterocycles. The van der Waals surface area contributed by atoms with Gasteiger partial charge >= 0.3 is 5.97 Å². The highest BCUT2D eigenvalue weighted by molar-refractivity contribution is 5.75. The van der Waals surface area contributed by atoms with E-state index in [0.29, 0.717) is 17.8 Å². The highest BCUT2D eigenvalue weighted by atomic mass is 16.6. The van der Waals surface area contributed by atoms with Crippen molar-refractivity contribution in [2.24, 2.45) is 0 Å². The molecule has 0 radical (unpaired) electrons. The maximum Gasteiger partial charge on any atom is 0.323 e. The van der Waals surface area contributed by atoms with Gasteiger partial charge in [-0.25, -0.2) is 0 Å². The van der Waals surface area contributed by atoms with E-state index < -0.39 is 10.9 Å². The Kier molecular flexibility index (Phi) is 4.65. The molecule has 0 fully saturated rings. The van der Waals surface area contributed by atoms with E-state index in [-0.39, 0.29) is 12.2 Å². The van der Waals surface area contributed by atoms with Gasteiger partial charge in [0, 0.05) is 18.3 Å². The Labute approximate surface area is 105 Å². The molecule has 0 aliphatic rings. The summed E-state index contributed by atoms with van der Waals surface area (Å²) in [5.41, 5.74) is 1.12. The summed E-state index contributed by atoms with van der Waals surface area (Å²) in [4.78, 5) is 22.8. The Balaban J connectivity index is 3.15. The van der Waals surface area contributed by atoms with E-state index in [1.165, 1.54) is 6.07 Å². The van der Waals surface area contributed by atoms with Crippen molar-refractivity contribution in [1.82, 2.24) is 0 Å². The summed E-state index contributed by atoms with van der Waals surface area (Å²) in [6.07, 6.45) is 0.773. The van der Waals surface area contributed by atoms with Gasteiger partial charge < -0.3 is 10.0 Å². The third kappa shape index (κ3) is 3.19. The minimum Gasteiger partial charge on any atom is -0.480 e. The van der Waals surface area contributed by atoms with Crippen molar-refractivity contribution in [1.29, 1.82) is 0 Å². The molecule has 1 rings (SSSR count). The van der Waals surface area contributed by atoms with Crippen LogP contribution >= 0.6 is 0 Å². The molecule has 0 amide bonds. The van der Waals surface area contributed by atoms with E-state index >= 15 is 0 Å². The average molecular weight is 252 g/mol.